The molecule has 5 heteroatoms. The fourth-order valence-electron chi connectivity index (χ4n) is 1.82. The van der Waals surface area contributed by atoms with Gasteiger partial charge in [-0.05, 0) is 6.92 Å². The van der Waals surface area contributed by atoms with Crippen LogP contribution in [0.4, 0.5) is 11.6 Å². The fourth-order valence-corrected chi connectivity index (χ4v) is 1.82. The van der Waals surface area contributed by atoms with Crippen molar-refractivity contribution >= 4 is 22.4 Å². The summed E-state index contributed by atoms with van der Waals surface area (Å²) < 4.78 is 0. The Bertz CT molecular complexity index is 681. The molecule has 3 aromatic rings. The molecule has 1 N–H and O–H groups in total. The van der Waals surface area contributed by atoms with Gasteiger partial charge in [-0.1, -0.05) is 24.3 Å². The second kappa shape index (κ2) is 4.37. The number of benzene rings is 1. The van der Waals surface area contributed by atoms with Crippen LogP contribution in [0.2, 0.25) is 0 Å². The van der Waals surface area contributed by atoms with Gasteiger partial charge in [-0.15, -0.1) is 5.10 Å². The molecule has 0 radical (unpaired) electrons. The van der Waals surface area contributed by atoms with Gasteiger partial charge in [-0.25, -0.2) is 4.98 Å². The van der Waals surface area contributed by atoms with Gasteiger partial charge in [-0.3, -0.25) is 4.98 Å². The van der Waals surface area contributed by atoms with Gasteiger partial charge in [0.2, 0.25) is 0 Å². The third-order valence-corrected chi connectivity index (χ3v) is 2.68. The molecule has 1 aromatic carbocycles. The zero-order valence-electron chi connectivity index (χ0n) is 9.83. The summed E-state index contributed by atoms with van der Waals surface area (Å²) in [6.07, 6.45) is 4.91. The van der Waals surface area contributed by atoms with Gasteiger partial charge in [0, 0.05) is 23.2 Å². The number of nitrogens with one attached hydrogen (secondary N) is 1. The molecule has 88 valence electrons. The van der Waals surface area contributed by atoms with E-state index in [1.165, 1.54) is 0 Å². The van der Waals surface area contributed by atoms with Crippen LogP contribution in [0.5, 0.6) is 0 Å². The Balaban J connectivity index is 2.10. The van der Waals surface area contributed by atoms with E-state index < -0.39 is 0 Å². The number of hydrogen-bond acceptors (Lipinski definition) is 5. The van der Waals surface area contributed by atoms with Crippen LogP contribution < -0.4 is 5.32 Å². The maximum atomic E-state index is 4.17. The summed E-state index contributed by atoms with van der Waals surface area (Å²) in [7, 11) is 0. The van der Waals surface area contributed by atoms with E-state index in [2.05, 4.69) is 25.5 Å². The smallest absolute Gasteiger partial charge is 0.162 e. The van der Waals surface area contributed by atoms with Crippen molar-refractivity contribution in [2.24, 2.45) is 0 Å². The van der Waals surface area contributed by atoms with E-state index in [0.717, 1.165) is 16.5 Å². The van der Waals surface area contributed by atoms with Crippen molar-refractivity contribution in [1.29, 1.82) is 0 Å². The Morgan fingerprint density at radius 1 is 1.00 bits per heavy atom. The van der Waals surface area contributed by atoms with E-state index in [1.54, 1.807) is 18.6 Å². The van der Waals surface area contributed by atoms with Crippen molar-refractivity contribution in [3.8, 4) is 0 Å². The van der Waals surface area contributed by atoms with E-state index in [0.29, 0.717) is 11.6 Å². The van der Waals surface area contributed by atoms with Gasteiger partial charge in [0.05, 0.1) is 11.9 Å². The number of aryl methyl sites for hydroxylation is 1. The first-order valence-electron chi connectivity index (χ1n) is 5.59. The minimum atomic E-state index is 0.654. The highest BCUT2D eigenvalue weighted by Crippen LogP contribution is 2.23. The molecule has 2 heterocycles. The van der Waals surface area contributed by atoms with Crippen LogP contribution >= 0.6 is 0 Å². The average molecular weight is 237 g/mol. The van der Waals surface area contributed by atoms with E-state index >= 15 is 0 Å². The molecule has 0 saturated carbocycles. The minimum absolute atomic E-state index is 0.654. The van der Waals surface area contributed by atoms with Gasteiger partial charge in [-0.2, -0.15) is 5.10 Å². The molecule has 0 spiro atoms. The average Bonchev–Trinajstić information content (AvgIpc) is 2.44. The first-order chi connectivity index (χ1) is 8.84. The third kappa shape index (κ3) is 1.86. The quantitative estimate of drug-likeness (QED) is 0.741. The van der Waals surface area contributed by atoms with Crippen LogP contribution in [0.3, 0.4) is 0 Å². The van der Waals surface area contributed by atoms with Gasteiger partial charge in [0.1, 0.15) is 5.82 Å². The van der Waals surface area contributed by atoms with Gasteiger partial charge in [0.25, 0.3) is 0 Å². The van der Waals surface area contributed by atoms with Crippen molar-refractivity contribution < 1.29 is 0 Å². The van der Waals surface area contributed by atoms with Crippen molar-refractivity contribution in [2.45, 2.75) is 6.92 Å². The van der Waals surface area contributed by atoms with E-state index in [1.807, 2.05) is 31.2 Å². The second-order valence-corrected chi connectivity index (χ2v) is 3.90. The number of fused-ring (bicyclic) bond motifs is 1. The molecule has 0 saturated heterocycles. The summed E-state index contributed by atoms with van der Waals surface area (Å²) in [6, 6.07) is 8.01. The van der Waals surface area contributed by atoms with Crippen LogP contribution in [0.15, 0.2) is 42.9 Å². The number of anilines is 2. The summed E-state index contributed by atoms with van der Waals surface area (Å²) in [6.45, 7) is 1.95. The molecule has 5 nitrogen and oxygen atoms in total. The maximum Gasteiger partial charge on any atom is 0.162 e. The standard InChI is InChI=1S/C13H11N5/c1-9-10-4-2-3-5-11(10)13(18-17-9)16-12-8-14-6-7-15-12/h2-8H,1H3,(H,15,16,18). The van der Waals surface area contributed by atoms with Crippen LogP contribution in [0.25, 0.3) is 10.8 Å². The molecule has 18 heavy (non-hydrogen) atoms. The van der Waals surface area contributed by atoms with Gasteiger partial charge in [0.15, 0.2) is 5.82 Å². The number of nitrogens with zero attached hydrogens (tertiary/aromatic N) is 4. The zero-order chi connectivity index (χ0) is 12.4. The van der Waals surface area contributed by atoms with Crippen molar-refractivity contribution in [2.75, 3.05) is 5.32 Å². The molecule has 0 bridgehead atoms. The molecule has 0 aliphatic heterocycles. The number of hydrogen-bond donors (Lipinski definition) is 1. The Labute approximate surface area is 104 Å². The van der Waals surface area contributed by atoms with Crippen LogP contribution in [0, 0.1) is 6.92 Å². The first kappa shape index (κ1) is 10.6. The third-order valence-electron chi connectivity index (χ3n) is 2.68. The van der Waals surface area contributed by atoms with E-state index in [-0.39, 0.29) is 0 Å². The number of aromatic nitrogens is 4. The highest BCUT2D eigenvalue weighted by atomic mass is 15.2. The van der Waals surface area contributed by atoms with E-state index in [9.17, 15) is 0 Å². The second-order valence-electron chi connectivity index (χ2n) is 3.90. The molecule has 0 aliphatic carbocycles. The molecule has 0 unspecified atom stereocenters. The van der Waals surface area contributed by atoms with Crippen molar-refractivity contribution in [3.05, 3.63) is 48.5 Å². The Morgan fingerprint density at radius 3 is 2.61 bits per heavy atom. The van der Waals surface area contributed by atoms with E-state index in [4.69, 9.17) is 0 Å². The lowest BCUT2D eigenvalue weighted by Gasteiger charge is -2.08. The minimum Gasteiger partial charge on any atom is -0.322 e. The van der Waals surface area contributed by atoms with Gasteiger partial charge >= 0.3 is 0 Å². The summed E-state index contributed by atoms with van der Waals surface area (Å²) in [4.78, 5) is 8.17. The lowest BCUT2D eigenvalue weighted by atomic mass is 10.1. The summed E-state index contributed by atoms with van der Waals surface area (Å²) >= 11 is 0. The predicted octanol–water partition coefficient (Wildman–Crippen LogP) is 2.47. The van der Waals surface area contributed by atoms with Crippen molar-refractivity contribution in [3.63, 3.8) is 0 Å². The van der Waals surface area contributed by atoms with Gasteiger partial charge < -0.3 is 5.32 Å². The molecular weight excluding hydrogens is 226 g/mol. The monoisotopic (exact) mass is 237 g/mol. The fraction of sp³-hybridized carbons (Fsp3) is 0.0769. The molecule has 0 aliphatic rings. The highest BCUT2D eigenvalue weighted by molar-refractivity contribution is 5.93. The number of rotatable bonds is 2. The molecule has 0 amide bonds. The van der Waals surface area contributed by atoms with Crippen LogP contribution in [0.1, 0.15) is 5.69 Å². The van der Waals surface area contributed by atoms with Crippen molar-refractivity contribution in [1.82, 2.24) is 20.2 Å². The molecule has 0 atom stereocenters. The zero-order valence-corrected chi connectivity index (χ0v) is 9.83. The molecule has 2 aromatic heterocycles. The normalized spacial score (nSPS) is 10.5. The first-order valence-corrected chi connectivity index (χ1v) is 5.59. The summed E-state index contributed by atoms with van der Waals surface area (Å²) in [5.74, 6) is 1.34. The SMILES string of the molecule is Cc1nnc(Nc2cnccn2)c2ccccc12. The lowest BCUT2D eigenvalue weighted by molar-refractivity contribution is 1.00. The molecule has 3 rings (SSSR count). The van der Waals surface area contributed by atoms with Crippen LogP contribution in [-0.2, 0) is 0 Å². The maximum absolute atomic E-state index is 4.17. The Morgan fingerprint density at radius 2 is 1.83 bits per heavy atom. The van der Waals surface area contributed by atoms with Crippen LogP contribution in [-0.4, -0.2) is 20.2 Å². The Hall–Kier alpha value is -2.56. The topological polar surface area (TPSA) is 63.6 Å². The lowest BCUT2D eigenvalue weighted by Crippen LogP contribution is -2.00. The summed E-state index contributed by atoms with van der Waals surface area (Å²) in [5.41, 5.74) is 0.912. The highest BCUT2D eigenvalue weighted by Gasteiger charge is 2.06. The summed E-state index contributed by atoms with van der Waals surface area (Å²) in [5, 5.41) is 13.5. The molecular formula is C13H11N5. The largest absolute Gasteiger partial charge is 0.322 e. The Kier molecular flexibility index (Phi) is 2.57. The predicted molar refractivity (Wildman–Crippen MR) is 69.6 cm³/mol. The molecule has 0 fully saturated rings.